The molecular weight excluding hydrogens is 284 g/mol. The van der Waals surface area contributed by atoms with Crippen molar-refractivity contribution in [2.45, 2.75) is 50.0 Å². The molecule has 4 nitrogen and oxygen atoms in total. The Labute approximate surface area is 128 Å². The predicted molar refractivity (Wildman–Crippen MR) is 86.0 cm³/mol. The summed E-state index contributed by atoms with van der Waals surface area (Å²) in [5, 5.41) is 0. The van der Waals surface area contributed by atoms with Crippen molar-refractivity contribution in [3.63, 3.8) is 0 Å². The molecule has 1 saturated heterocycles. The summed E-state index contributed by atoms with van der Waals surface area (Å²) in [7, 11) is -1.34. The zero-order chi connectivity index (χ0) is 15.7. The lowest BCUT2D eigenvalue weighted by Gasteiger charge is -2.29. The lowest BCUT2D eigenvalue weighted by atomic mass is 9.87. The van der Waals surface area contributed by atoms with Crippen LogP contribution in [0.5, 0.6) is 0 Å². The van der Waals surface area contributed by atoms with Crippen LogP contribution in [0.1, 0.15) is 39.2 Å². The lowest BCUT2D eigenvalue weighted by Crippen LogP contribution is -2.43. The Bertz CT molecular complexity index is 565. The number of hydrogen-bond donors (Lipinski definition) is 1. The van der Waals surface area contributed by atoms with Crippen molar-refractivity contribution in [1.29, 1.82) is 0 Å². The van der Waals surface area contributed by atoms with Gasteiger partial charge < -0.3 is 4.90 Å². The summed E-state index contributed by atoms with van der Waals surface area (Å²) in [5.41, 5.74) is 1.17. The van der Waals surface area contributed by atoms with Crippen molar-refractivity contribution < 1.29 is 8.42 Å². The van der Waals surface area contributed by atoms with Crippen LogP contribution in [0.25, 0.3) is 0 Å². The number of sulfonamides is 1. The van der Waals surface area contributed by atoms with E-state index in [2.05, 4.69) is 37.4 Å². The van der Waals surface area contributed by atoms with Gasteiger partial charge >= 0.3 is 0 Å². The number of hydrogen-bond acceptors (Lipinski definition) is 3. The summed E-state index contributed by atoms with van der Waals surface area (Å²) >= 11 is 0. The maximum absolute atomic E-state index is 12.4. The van der Waals surface area contributed by atoms with E-state index >= 15 is 0 Å². The van der Waals surface area contributed by atoms with Crippen LogP contribution in [0.2, 0.25) is 0 Å². The molecule has 2 rings (SSSR count). The third-order valence-corrected chi connectivity index (χ3v) is 5.61. The fraction of sp³-hybridized carbons (Fsp3) is 0.625. The van der Waals surface area contributed by atoms with Crippen LogP contribution in [-0.2, 0) is 15.4 Å². The molecule has 1 aliphatic rings. The average molecular weight is 310 g/mol. The summed E-state index contributed by atoms with van der Waals surface area (Å²) in [4.78, 5) is 2.58. The first-order valence-electron chi connectivity index (χ1n) is 7.50. The first-order chi connectivity index (χ1) is 9.68. The van der Waals surface area contributed by atoms with E-state index in [0.29, 0.717) is 4.90 Å². The van der Waals surface area contributed by atoms with Crippen molar-refractivity contribution in [2.75, 3.05) is 20.1 Å². The largest absolute Gasteiger partial charge is 0.306 e. The second kappa shape index (κ2) is 6.07. The van der Waals surface area contributed by atoms with E-state index in [1.165, 1.54) is 0 Å². The molecule has 0 aliphatic carbocycles. The van der Waals surface area contributed by atoms with Gasteiger partial charge in [0.05, 0.1) is 4.90 Å². The van der Waals surface area contributed by atoms with Crippen LogP contribution in [-0.4, -0.2) is 39.5 Å². The third-order valence-electron chi connectivity index (χ3n) is 4.07. The molecule has 1 aromatic rings. The van der Waals surface area contributed by atoms with Crippen LogP contribution in [0.3, 0.4) is 0 Å². The second-order valence-electron chi connectivity index (χ2n) is 6.97. The van der Waals surface area contributed by atoms with Gasteiger partial charge in [0, 0.05) is 6.04 Å². The lowest BCUT2D eigenvalue weighted by molar-refractivity contribution is 0.248. The minimum Gasteiger partial charge on any atom is -0.306 e. The Morgan fingerprint density at radius 1 is 1.10 bits per heavy atom. The van der Waals surface area contributed by atoms with Crippen LogP contribution in [0.15, 0.2) is 29.2 Å². The van der Waals surface area contributed by atoms with Crippen LogP contribution < -0.4 is 4.72 Å². The van der Waals surface area contributed by atoms with E-state index in [1.54, 1.807) is 12.1 Å². The molecule has 1 aromatic carbocycles. The van der Waals surface area contributed by atoms with E-state index in [9.17, 15) is 8.42 Å². The van der Waals surface area contributed by atoms with E-state index in [-0.39, 0.29) is 11.5 Å². The minimum absolute atomic E-state index is 0.0314. The molecule has 0 bridgehead atoms. The van der Waals surface area contributed by atoms with Crippen molar-refractivity contribution in [2.24, 2.45) is 0 Å². The quantitative estimate of drug-likeness (QED) is 0.932. The monoisotopic (exact) mass is 310 g/mol. The Kier molecular flexibility index (Phi) is 4.76. The van der Waals surface area contributed by atoms with Gasteiger partial charge in [0.25, 0.3) is 0 Å². The molecule has 0 saturated carbocycles. The van der Waals surface area contributed by atoms with Crippen LogP contribution in [0.4, 0.5) is 0 Å². The van der Waals surface area contributed by atoms with E-state index in [4.69, 9.17) is 0 Å². The van der Waals surface area contributed by atoms with Gasteiger partial charge in [-0.25, -0.2) is 13.1 Å². The highest BCUT2D eigenvalue weighted by Gasteiger charge is 2.23. The summed E-state index contributed by atoms with van der Waals surface area (Å²) in [6.07, 6.45) is 1.74. The Morgan fingerprint density at radius 2 is 1.62 bits per heavy atom. The zero-order valence-corrected chi connectivity index (χ0v) is 14.2. The van der Waals surface area contributed by atoms with Gasteiger partial charge in [-0.2, -0.15) is 0 Å². The van der Waals surface area contributed by atoms with Gasteiger partial charge in [0.2, 0.25) is 10.0 Å². The fourth-order valence-electron chi connectivity index (χ4n) is 2.55. The molecule has 5 heteroatoms. The standard InChI is InChI=1S/C16H26N2O2S/c1-16(2,3)13-5-7-15(8-6-13)21(19,20)17-14-9-11-18(4)12-10-14/h5-8,14,17H,9-12H2,1-4H3. The molecule has 0 unspecified atom stereocenters. The molecule has 0 amide bonds. The summed E-state index contributed by atoms with van der Waals surface area (Å²) in [6.45, 7) is 8.24. The predicted octanol–water partition coefficient (Wildman–Crippen LogP) is 2.36. The molecule has 0 radical (unpaired) electrons. The third kappa shape index (κ3) is 4.28. The SMILES string of the molecule is CN1CCC(NS(=O)(=O)c2ccc(C(C)(C)C)cc2)CC1. The topological polar surface area (TPSA) is 49.4 Å². The van der Waals surface area contributed by atoms with Crippen LogP contribution in [0, 0.1) is 0 Å². The van der Waals surface area contributed by atoms with Crippen LogP contribution >= 0.6 is 0 Å². The molecule has 1 heterocycles. The smallest absolute Gasteiger partial charge is 0.240 e. The van der Waals surface area contributed by atoms with E-state index in [1.807, 2.05) is 12.1 Å². The number of piperidine rings is 1. The highest BCUT2D eigenvalue weighted by molar-refractivity contribution is 7.89. The van der Waals surface area contributed by atoms with Gasteiger partial charge in [-0.05, 0) is 56.1 Å². The minimum atomic E-state index is -3.41. The highest BCUT2D eigenvalue weighted by atomic mass is 32.2. The van der Waals surface area contributed by atoms with Gasteiger partial charge in [0.1, 0.15) is 0 Å². The Morgan fingerprint density at radius 3 is 2.10 bits per heavy atom. The van der Waals surface area contributed by atoms with Crippen molar-refractivity contribution in [3.05, 3.63) is 29.8 Å². The molecule has 0 spiro atoms. The fourth-order valence-corrected chi connectivity index (χ4v) is 3.85. The van der Waals surface area contributed by atoms with E-state index in [0.717, 1.165) is 31.5 Å². The van der Waals surface area contributed by atoms with Gasteiger partial charge in [-0.1, -0.05) is 32.9 Å². The van der Waals surface area contributed by atoms with E-state index < -0.39 is 10.0 Å². The number of likely N-dealkylation sites (tertiary alicyclic amines) is 1. The first-order valence-corrected chi connectivity index (χ1v) is 8.98. The molecular formula is C16H26N2O2S. The van der Waals surface area contributed by atoms with Gasteiger partial charge in [-0.3, -0.25) is 0 Å². The van der Waals surface area contributed by atoms with Gasteiger partial charge in [0.15, 0.2) is 0 Å². The Hall–Kier alpha value is -0.910. The maximum atomic E-state index is 12.4. The molecule has 21 heavy (non-hydrogen) atoms. The summed E-state index contributed by atoms with van der Waals surface area (Å²) in [6, 6.07) is 7.27. The first kappa shape index (κ1) is 16.5. The van der Waals surface area contributed by atoms with Crippen molar-refractivity contribution in [3.8, 4) is 0 Å². The average Bonchev–Trinajstić information content (AvgIpc) is 2.40. The molecule has 1 fully saturated rings. The van der Waals surface area contributed by atoms with Gasteiger partial charge in [-0.15, -0.1) is 0 Å². The number of benzene rings is 1. The Balaban J connectivity index is 2.09. The maximum Gasteiger partial charge on any atom is 0.240 e. The summed E-state index contributed by atoms with van der Waals surface area (Å²) < 4.78 is 27.7. The second-order valence-corrected chi connectivity index (χ2v) is 8.69. The molecule has 118 valence electrons. The normalized spacial score (nSPS) is 18.9. The molecule has 0 aromatic heterocycles. The number of rotatable bonds is 3. The molecule has 0 atom stereocenters. The highest BCUT2D eigenvalue weighted by Crippen LogP contribution is 2.23. The number of nitrogens with zero attached hydrogens (tertiary/aromatic N) is 1. The molecule has 1 N–H and O–H groups in total. The summed E-state index contributed by atoms with van der Waals surface area (Å²) in [5.74, 6) is 0. The zero-order valence-electron chi connectivity index (χ0n) is 13.4. The number of nitrogens with one attached hydrogen (secondary N) is 1. The van der Waals surface area contributed by atoms with Crippen molar-refractivity contribution in [1.82, 2.24) is 9.62 Å². The molecule has 1 aliphatic heterocycles. The van der Waals surface area contributed by atoms with Crippen molar-refractivity contribution >= 4 is 10.0 Å².